The lowest BCUT2D eigenvalue weighted by Gasteiger charge is -2.25. The number of carbonyl (C=O) groups is 1. The average Bonchev–Trinajstić information content (AvgIpc) is 2.95. The molecule has 6 nitrogen and oxygen atoms in total. The highest BCUT2D eigenvalue weighted by Crippen LogP contribution is 2.21. The Bertz CT molecular complexity index is 650. The van der Waals surface area contributed by atoms with Crippen molar-refractivity contribution in [3.05, 3.63) is 35.3 Å². The lowest BCUT2D eigenvalue weighted by Crippen LogP contribution is -2.41. The molecule has 3 rings (SSSR count). The first-order valence-corrected chi connectivity index (χ1v) is 8.46. The van der Waals surface area contributed by atoms with Crippen LogP contribution in [0.4, 0.5) is 16.5 Å². The summed E-state index contributed by atoms with van der Waals surface area (Å²) in [6.45, 7) is 5.39. The van der Waals surface area contributed by atoms with Crippen LogP contribution in [0.2, 0.25) is 0 Å². The molecule has 2 N–H and O–H groups in total. The minimum absolute atomic E-state index is 0.00292. The Hall–Kier alpha value is -1.96. The normalized spacial score (nSPS) is 15.3. The Morgan fingerprint density at radius 1 is 1.26 bits per heavy atom. The van der Waals surface area contributed by atoms with Crippen LogP contribution in [0.3, 0.4) is 0 Å². The van der Waals surface area contributed by atoms with E-state index in [0.29, 0.717) is 19.8 Å². The monoisotopic (exact) mass is 332 g/mol. The number of anilines is 3. The molecule has 23 heavy (non-hydrogen) atoms. The highest BCUT2D eigenvalue weighted by molar-refractivity contribution is 7.13. The van der Waals surface area contributed by atoms with Crippen LogP contribution in [0.5, 0.6) is 0 Å². The molecule has 2 heterocycles. The topological polar surface area (TPSA) is 66.5 Å². The molecule has 0 aliphatic carbocycles. The Morgan fingerprint density at radius 3 is 2.61 bits per heavy atom. The van der Waals surface area contributed by atoms with Gasteiger partial charge in [-0.1, -0.05) is 0 Å². The van der Waals surface area contributed by atoms with Gasteiger partial charge >= 0.3 is 0 Å². The largest absolute Gasteiger partial charge is 0.379 e. The van der Waals surface area contributed by atoms with Gasteiger partial charge in [-0.2, -0.15) is 0 Å². The Kier molecular flexibility index (Phi) is 5.22. The second-order valence-corrected chi connectivity index (χ2v) is 6.29. The summed E-state index contributed by atoms with van der Waals surface area (Å²) in [6.07, 6.45) is 0. The van der Waals surface area contributed by atoms with Gasteiger partial charge in [0.15, 0.2) is 5.13 Å². The number of hydrogen-bond acceptors (Lipinski definition) is 6. The fourth-order valence-corrected chi connectivity index (χ4v) is 3.04. The number of carbonyl (C=O) groups excluding carboxylic acids is 1. The predicted molar refractivity (Wildman–Crippen MR) is 92.5 cm³/mol. The number of aromatic nitrogens is 1. The van der Waals surface area contributed by atoms with Gasteiger partial charge in [-0.15, -0.1) is 11.3 Å². The molecule has 1 aromatic carbocycles. The van der Waals surface area contributed by atoms with Gasteiger partial charge in [-0.25, -0.2) is 4.98 Å². The first kappa shape index (κ1) is 15.9. The number of amides is 1. The lowest BCUT2D eigenvalue weighted by atomic mass is 10.2. The van der Waals surface area contributed by atoms with Crippen molar-refractivity contribution in [2.75, 3.05) is 43.5 Å². The Labute approximate surface area is 139 Å². The molecule has 1 aliphatic rings. The zero-order valence-electron chi connectivity index (χ0n) is 13.0. The molecule has 0 bridgehead atoms. The van der Waals surface area contributed by atoms with E-state index in [1.165, 1.54) is 0 Å². The minimum atomic E-state index is 0.00292. The maximum absolute atomic E-state index is 12.0. The minimum Gasteiger partial charge on any atom is -0.379 e. The zero-order chi connectivity index (χ0) is 16.1. The number of thiazole rings is 1. The summed E-state index contributed by atoms with van der Waals surface area (Å²) in [7, 11) is 0. The number of nitrogens with zero attached hydrogens (tertiary/aromatic N) is 2. The van der Waals surface area contributed by atoms with E-state index < -0.39 is 0 Å². The highest BCUT2D eigenvalue weighted by Gasteiger charge is 2.14. The third-order valence-electron chi connectivity index (χ3n) is 3.51. The number of morpholine rings is 1. The van der Waals surface area contributed by atoms with E-state index in [4.69, 9.17) is 4.74 Å². The van der Waals surface area contributed by atoms with Crippen molar-refractivity contribution in [1.29, 1.82) is 0 Å². The molecule has 0 saturated carbocycles. The SMILES string of the molecule is Cc1csc(Nc2ccc(NC(=O)CN3CCOCC3)cc2)n1. The highest BCUT2D eigenvalue weighted by atomic mass is 32.1. The summed E-state index contributed by atoms with van der Waals surface area (Å²) in [4.78, 5) is 18.5. The second kappa shape index (κ2) is 7.54. The summed E-state index contributed by atoms with van der Waals surface area (Å²) in [5.41, 5.74) is 2.75. The number of hydrogen-bond donors (Lipinski definition) is 2. The van der Waals surface area contributed by atoms with Gasteiger partial charge in [0.25, 0.3) is 0 Å². The number of aryl methyl sites for hydroxylation is 1. The van der Waals surface area contributed by atoms with Crippen LogP contribution in [-0.2, 0) is 9.53 Å². The summed E-state index contributed by atoms with van der Waals surface area (Å²) in [6, 6.07) is 7.64. The van der Waals surface area contributed by atoms with Crippen LogP contribution in [0, 0.1) is 6.92 Å². The van der Waals surface area contributed by atoms with Crippen molar-refractivity contribution in [2.45, 2.75) is 6.92 Å². The summed E-state index contributed by atoms with van der Waals surface area (Å²) >= 11 is 1.57. The van der Waals surface area contributed by atoms with E-state index in [2.05, 4.69) is 20.5 Å². The van der Waals surface area contributed by atoms with Crippen LogP contribution in [-0.4, -0.2) is 48.6 Å². The number of benzene rings is 1. The van der Waals surface area contributed by atoms with Gasteiger partial charge in [0.05, 0.1) is 25.5 Å². The molecule has 0 atom stereocenters. The van der Waals surface area contributed by atoms with Crippen molar-refractivity contribution in [1.82, 2.24) is 9.88 Å². The molecule has 2 aromatic rings. The number of nitrogens with one attached hydrogen (secondary N) is 2. The molecule has 0 spiro atoms. The van der Waals surface area contributed by atoms with Crippen molar-refractivity contribution in [3.63, 3.8) is 0 Å². The van der Waals surface area contributed by atoms with Crippen molar-refractivity contribution in [2.24, 2.45) is 0 Å². The third-order valence-corrected chi connectivity index (χ3v) is 4.39. The van der Waals surface area contributed by atoms with Crippen LogP contribution < -0.4 is 10.6 Å². The molecule has 0 radical (unpaired) electrons. The maximum atomic E-state index is 12.0. The fraction of sp³-hybridized carbons (Fsp3) is 0.375. The van der Waals surface area contributed by atoms with Crippen LogP contribution in [0.1, 0.15) is 5.69 Å². The smallest absolute Gasteiger partial charge is 0.238 e. The van der Waals surface area contributed by atoms with E-state index in [1.807, 2.05) is 36.6 Å². The molecule has 1 aromatic heterocycles. The molecule has 7 heteroatoms. The molecule has 0 unspecified atom stereocenters. The number of rotatable bonds is 5. The molecular weight excluding hydrogens is 312 g/mol. The van der Waals surface area contributed by atoms with E-state index in [-0.39, 0.29) is 5.91 Å². The lowest BCUT2D eigenvalue weighted by molar-refractivity contribution is -0.118. The van der Waals surface area contributed by atoms with Gasteiger partial charge in [0.1, 0.15) is 0 Å². The zero-order valence-corrected chi connectivity index (χ0v) is 13.9. The third kappa shape index (κ3) is 4.75. The fourth-order valence-electron chi connectivity index (χ4n) is 2.33. The molecule has 1 amide bonds. The molecule has 122 valence electrons. The van der Waals surface area contributed by atoms with Crippen LogP contribution in [0.15, 0.2) is 29.6 Å². The van der Waals surface area contributed by atoms with Gasteiger partial charge in [-0.05, 0) is 31.2 Å². The van der Waals surface area contributed by atoms with E-state index in [1.54, 1.807) is 11.3 Å². The standard InChI is InChI=1S/C16H20N4O2S/c1-12-11-23-16(17-12)19-14-4-2-13(3-5-14)18-15(21)10-20-6-8-22-9-7-20/h2-5,11H,6-10H2,1H3,(H,17,19)(H,18,21). The van der Waals surface area contributed by atoms with E-state index >= 15 is 0 Å². The second-order valence-electron chi connectivity index (χ2n) is 5.43. The molecule has 1 fully saturated rings. The quantitative estimate of drug-likeness (QED) is 0.880. The van der Waals surface area contributed by atoms with Gasteiger partial charge in [-0.3, -0.25) is 9.69 Å². The van der Waals surface area contributed by atoms with E-state index in [9.17, 15) is 4.79 Å². The average molecular weight is 332 g/mol. The Morgan fingerprint density at radius 2 is 1.96 bits per heavy atom. The summed E-state index contributed by atoms with van der Waals surface area (Å²) in [5, 5.41) is 9.04. The van der Waals surface area contributed by atoms with Crippen molar-refractivity contribution in [3.8, 4) is 0 Å². The first-order valence-electron chi connectivity index (χ1n) is 7.58. The Balaban J connectivity index is 1.51. The number of ether oxygens (including phenoxy) is 1. The van der Waals surface area contributed by atoms with E-state index in [0.717, 1.165) is 35.3 Å². The summed E-state index contributed by atoms with van der Waals surface area (Å²) < 4.78 is 5.28. The van der Waals surface area contributed by atoms with Gasteiger partial charge in [0.2, 0.25) is 5.91 Å². The van der Waals surface area contributed by atoms with Crippen molar-refractivity contribution < 1.29 is 9.53 Å². The summed E-state index contributed by atoms with van der Waals surface area (Å²) in [5.74, 6) is 0.00292. The van der Waals surface area contributed by atoms with Gasteiger partial charge in [0, 0.05) is 29.8 Å². The first-order chi connectivity index (χ1) is 11.2. The van der Waals surface area contributed by atoms with Crippen molar-refractivity contribution >= 4 is 33.8 Å². The maximum Gasteiger partial charge on any atom is 0.238 e. The van der Waals surface area contributed by atoms with Crippen LogP contribution in [0.25, 0.3) is 0 Å². The predicted octanol–water partition coefficient (Wildman–Crippen LogP) is 2.47. The van der Waals surface area contributed by atoms with Crippen LogP contribution >= 0.6 is 11.3 Å². The molecular formula is C16H20N4O2S. The molecule has 1 aliphatic heterocycles. The van der Waals surface area contributed by atoms with Gasteiger partial charge < -0.3 is 15.4 Å². The molecule has 1 saturated heterocycles.